The number of anilines is 2. The lowest BCUT2D eigenvalue weighted by Crippen LogP contribution is -2.34. The Kier molecular flexibility index (Phi) is 4.88. The van der Waals surface area contributed by atoms with Gasteiger partial charge in [0.25, 0.3) is 5.91 Å². The summed E-state index contributed by atoms with van der Waals surface area (Å²) in [7, 11) is 0. The van der Waals surface area contributed by atoms with Crippen molar-refractivity contribution < 1.29 is 4.79 Å². The first-order chi connectivity index (χ1) is 16.2. The molecular weight excluding hydrogens is 430 g/mol. The fourth-order valence-corrected chi connectivity index (χ4v) is 4.98. The Bertz CT molecular complexity index is 1500. The molecule has 0 atom stereocenters. The number of carbonyl (C=O) groups is 1. The lowest BCUT2D eigenvalue weighted by atomic mass is 10.0. The summed E-state index contributed by atoms with van der Waals surface area (Å²) in [4.78, 5) is 27.0. The van der Waals surface area contributed by atoms with E-state index in [0.29, 0.717) is 13.1 Å². The van der Waals surface area contributed by atoms with Crippen LogP contribution in [0.25, 0.3) is 26.8 Å². The number of hydrogen-bond donors (Lipinski definition) is 2. The molecule has 1 aliphatic heterocycles. The molecule has 2 N–H and O–H groups in total. The maximum Gasteiger partial charge on any atom is 0.254 e. The maximum absolute atomic E-state index is 12.7. The lowest BCUT2D eigenvalue weighted by Gasteiger charge is -2.26. The second-order valence-corrected chi connectivity index (χ2v) is 8.95. The van der Waals surface area contributed by atoms with Gasteiger partial charge in [-0.15, -0.1) is 11.3 Å². The SMILES string of the molecule is O=C(c1ccccc1)N1CC=C(c2cc3c(Nc4ccc5ncsc5c4)ccnc3[nH]2)CC1. The number of H-pyrrole nitrogens is 1. The summed E-state index contributed by atoms with van der Waals surface area (Å²) < 4.78 is 1.15. The van der Waals surface area contributed by atoms with E-state index in [4.69, 9.17) is 0 Å². The third-order valence-corrected chi connectivity index (χ3v) is 6.80. The first kappa shape index (κ1) is 19.7. The van der Waals surface area contributed by atoms with Crippen LogP contribution in [0.2, 0.25) is 0 Å². The first-order valence-corrected chi connectivity index (χ1v) is 11.7. The predicted octanol–water partition coefficient (Wildman–Crippen LogP) is 5.85. The normalized spacial score (nSPS) is 13.9. The van der Waals surface area contributed by atoms with E-state index in [1.165, 1.54) is 5.57 Å². The number of rotatable bonds is 4. The molecule has 4 heterocycles. The molecule has 0 fully saturated rings. The Hall–Kier alpha value is -3.97. The molecule has 3 aromatic heterocycles. The van der Waals surface area contributed by atoms with Crippen molar-refractivity contribution in [2.24, 2.45) is 0 Å². The summed E-state index contributed by atoms with van der Waals surface area (Å²) in [5.41, 5.74) is 8.74. The van der Waals surface area contributed by atoms with E-state index < -0.39 is 0 Å². The minimum atomic E-state index is 0.0774. The zero-order chi connectivity index (χ0) is 22.2. The maximum atomic E-state index is 12.7. The molecule has 162 valence electrons. The molecule has 0 unspecified atom stereocenters. The molecule has 0 saturated heterocycles. The van der Waals surface area contributed by atoms with E-state index >= 15 is 0 Å². The highest BCUT2D eigenvalue weighted by atomic mass is 32.1. The second kappa shape index (κ2) is 8.18. The molecule has 0 bridgehead atoms. The highest BCUT2D eigenvalue weighted by Gasteiger charge is 2.20. The number of benzene rings is 2. The molecule has 0 spiro atoms. The van der Waals surface area contributed by atoms with Crippen molar-refractivity contribution >= 4 is 55.4 Å². The molecule has 7 heteroatoms. The molecule has 0 radical (unpaired) electrons. The Morgan fingerprint density at radius 2 is 1.97 bits per heavy atom. The molecule has 2 aromatic carbocycles. The van der Waals surface area contributed by atoms with Crippen molar-refractivity contribution in [3.05, 3.63) is 89.7 Å². The van der Waals surface area contributed by atoms with Crippen LogP contribution >= 0.6 is 11.3 Å². The number of pyridine rings is 1. The average Bonchev–Trinajstić information content (AvgIpc) is 3.52. The molecule has 5 aromatic rings. The van der Waals surface area contributed by atoms with Gasteiger partial charge in [0.05, 0.1) is 21.4 Å². The molecule has 33 heavy (non-hydrogen) atoms. The smallest absolute Gasteiger partial charge is 0.254 e. The van der Waals surface area contributed by atoms with E-state index in [1.807, 2.05) is 65.1 Å². The van der Waals surface area contributed by atoms with Gasteiger partial charge in [0.2, 0.25) is 0 Å². The van der Waals surface area contributed by atoms with E-state index in [9.17, 15) is 4.79 Å². The van der Waals surface area contributed by atoms with E-state index in [2.05, 4.69) is 38.5 Å². The number of hydrogen-bond acceptors (Lipinski definition) is 5. The van der Waals surface area contributed by atoms with Gasteiger partial charge in [-0.2, -0.15) is 0 Å². The Labute approximate surface area is 194 Å². The number of nitrogens with zero attached hydrogens (tertiary/aromatic N) is 3. The summed E-state index contributed by atoms with van der Waals surface area (Å²) in [6.07, 6.45) is 4.75. The Morgan fingerprint density at radius 1 is 1.06 bits per heavy atom. The van der Waals surface area contributed by atoms with Gasteiger partial charge in [-0.1, -0.05) is 24.3 Å². The van der Waals surface area contributed by atoms with Crippen molar-refractivity contribution in [2.75, 3.05) is 18.4 Å². The van der Waals surface area contributed by atoms with Crippen molar-refractivity contribution in [3.8, 4) is 0 Å². The molecule has 6 rings (SSSR count). The highest BCUT2D eigenvalue weighted by molar-refractivity contribution is 7.16. The average molecular weight is 452 g/mol. The number of carbonyl (C=O) groups excluding carboxylic acids is 1. The van der Waals surface area contributed by atoms with Gasteiger partial charge in [-0.3, -0.25) is 4.79 Å². The van der Waals surface area contributed by atoms with Gasteiger partial charge >= 0.3 is 0 Å². The topological polar surface area (TPSA) is 73.9 Å². The monoisotopic (exact) mass is 451 g/mol. The number of fused-ring (bicyclic) bond motifs is 2. The molecule has 0 saturated carbocycles. The first-order valence-electron chi connectivity index (χ1n) is 10.9. The molecule has 6 nitrogen and oxygen atoms in total. The number of nitrogens with one attached hydrogen (secondary N) is 2. The second-order valence-electron chi connectivity index (χ2n) is 8.06. The van der Waals surface area contributed by atoms with E-state index in [-0.39, 0.29) is 5.91 Å². The minimum absolute atomic E-state index is 0.0774. The van der Waals surface area contributed by atoms with Gasteiger partial charge in [-0.05, 0) is 54.5 Å². The third kappa shape index (κ3) is 3.76. The number of aromatic amines is 1. The number of aromatic nitrogens is 3. The van der Waals surface area contributed by atoms with Crippen LogP contribution < -0.4 is 5.32 Å². The van der Waals surface area contributed by atoms with Gasteiger partial charge in [-0.25, -0.2) is 9.97 Å². The number of thiazole rings is 1. The number of amides is 1. The van der Waals surface area contributed by atoms with Crippen LogP contribution in [0.5, 0.6) is 0 Å². The van der Waals surface area contributed by atoms with Crippen molar-refractivity contribution in [2.45, 2.75) is 6.42 Å². The summed E-state index contributed by atoms with van der Waals surface area (Å²) >= 11 is 1.63. The zero-order valence-corrected chi connectivity index (χ0v) is 18.6. The van der Waals surface area contributed by atoms with Gasteiger partial charge < -0.3 is 15.2 Å². The van der Waals surface area contributed by atoms with Gasteiger partial charge in [0.15, 0.2) is 0 Å². The summed E-state index contributed by atoms with van der Waals surface area (Å²) in [5, 5.41) is 4.57. The molecule has 0 aliphatic carbocycles. The predicted molar refractivity (Wildman–Crippen MR) is 134 cm³/mol. The lowest BCUT2D eigenvalue weighted by molar-refractivity contribution is 0.0773. The van der Waals surface area contributed by atoms with E-state index in [1.54, 1.807) is 11.3 Å². The highest BCUT2D eigenvalue weighted by Crippen LogP contribution is 2.31. The summed E-state index contributed by atoms with van der Waals surface area (Å²) in [6, 6.07) is 19.8. The molecule has 1 amide bonds. The summed E-state index contributed by atoms with van der Waals surface area (Å²) in [6.45, 7) is 1.30. The Morgan fingerprint density at radius 3 is 2.82 bits per heavy atom. The van der Waals surface area contributed by atoms with E-state index in [0.717, 1.165) is 50.3 Å². The quantitative estimate of drug-likeness (QED) is 0.360. The van der Waals surface area contributed by atoms with Crippen molar-refractivity contribution in [1.82, 2.24) is 19.9 Å². The van der Waals surface area contributed by atoms with Crippen LogP contribution in [0.3, 0.4) is 0 Å². The van der Waals surface area contributed by atoms with Gasteiger partial charge in [0, 0.05) is 41.6 Å². The fourth-order valence-electron chi connectivity index (χ4n) is 4.26. The summed E-state index contributed by atoms with van der Waals surface area (Å²) in [5.74, 6) is 0.0774. The van der Waals surface area contributed by atoms with Crippen LogP contribution in [-0.2, 0) is 0 Å². The van der Waals surface area contributed by atoms with Crippen LogP contribution in [0.4, 0.5) is 11.4 Å². The fraction of sp³-hybridized carbons (Fsp3) is 0.115. The molecule has 1 aliphatic rings. The van der Waals surface area contributed by atoms with Crippen LogP contribution in [-0.4, -0.2) is 38.8 Å². The zero-order valence-electron chi connectivity index (χ0n) is 17.8. The van der Waals surface area contributed by atoms with Crippen LogP contribution in [0.15, 0.2) is 78.4 Å². The third-order valence-electron chi connectivity index (χ3n) is 6.01. The standard InChI is InChI=1S/C26H21N5OS/c32-26(18-4-2-1-3-5-18)31-12-9-17(10-13-31)23-15-20-21(8-11-27-25(20)30-23)29-19-6-7-22-24(14-19)33-16-28-22/h1-9,11,14-16H,10,12-13H2,(H2,27,29,30). The largest absolute Gasteiger partial charge is 0.355 e. The molecular formula is C26H21N5OS. The van der Waals surface area contributed by atoms with Gasteiger partial charge in [0.1, 0.15) is 5.65 Å². The van der Waals surface area contributed by atoms with Crippen LogP contribution in [0.1, 0.15) is 22.5 Å². The minimum Gasteiger partial charge on any atom is -0.355 e. The Balaban J connectivity index is 1.24. The van der Waals surface area contributed by atoms with Crippen molar-refractivity contribution in [3.63, 3.8) is 0 Å². The van der Waals surface area contributed by atoms with Crippen molar-refractivity contribution in [1.29, 1.82) is 0 Å². The van der Waals surface area contributed by atoms with Crippen LogP contribution in [0, 0.1) is 0 Å².